The molecule has 0 radical (unpaired) electrons. The number of alkyl halides is 1. The van der Waals surface area contributed by atoms with Crippen molar-refractivity contribution in [3.8, 4) is 0 Å². The molecule has 0 aliphatic heterocycles. The van der Waals surface area contributed by atoms with Crippen LogP contribution in [0.3, 0.4) is 0 Å². The molecule has 2 aliphatic carbocycles. The zero-order valence-corrected chi connectivity index (χ0v) is 20.4. The molecule has 0 spiro atoms. The van der Waals surface area contributed by atoms with Crippen LogP contribution >= 0.6 is 0 Å². The highest BCUT2D eigenvalue weighted by atomic mass is 19.2. The number of allylic oxidation sites excluding steroid dienone is 1. The standard InChI is InChI=1S/C26H32F3NO7/c1-15-3-2-4-16(9-15)6-8-22(31)36-14-37-23(32)12-18(11-19-24(30)26(19,29)25(33)34)35-13-17-5-7-20(27)21(28)10-17/h5,7,10,16,18-19,24H,1-4,6,8-9,11-14,30H2,(H,33,34). The molecule has 0 bridgehead atoms. The zero-order valence-electron chi connectivity index (χ0n) is 20.4. The van der Waals surface area contributed by atoms with Gasteiger partial charge in [0.2, 0.25) is 12.5 Å². The lowest BCUT2D eigenvalue weighted by Gasteiger charge is -2.23. The van der Waals surface area contributed by atoms with Gasteiger partial charge in [-0.3, -0.25) is 9.59 Å². The lowest BCUT2D eigenvalue weighted by Crippen LogP contribution is -2.26. The maximum absolute atomic E-state index is 14.5. The maximum Gasteiger partial charge on any atom is 0.343 e. The summed E-state index contributed by atoms with van der Waals surface area (Å²) in [5.74, 6) is -5.92. The number of halogens is 3. The van der Waals surface area contributed by atoms with Crippen molar-refractivity contribution in [1.29, 1.82) is 0 Å². The predicted molar refractivity (Wildman–Crippen MR) is 124 cm³/mol. The van der Waals surface area contributed by atoms with Gasteiger partial charge in [0.05, 0.1) is 25.2 Å². The molecule has 0 heterocycles. The number of aliphatic carboxylic acids is 1. The van der Waals surface area contributed by atoms with Gasteiger partial charge in [0.1, 0.15) is 0 Å². The number of carboxylic acid groups (broad SMARTS) is 1. The average Bonchev–Trinajstić information content (AvgIpc) is 3.38. The van der Waals surface area contributed by atoms with E-state index < -0.39 is 66.5 Å². The summed E-state index contributed by atoms with van der Waals surface area (Å²) in [7, 11) is 0. The molecule has 0 saturated heterocycles. The summed E-state index contributed by atoms with van der Waals surface area (Å²) < 4.78 is 56.6. The SMILES string of the molecule is C=C1CCCC(CCC(=O)OCOC(=O)CC(CC2C(N)C2(F)C(=O)O)OCc2ccc(F)c(F)c2)C1. The molecule has 2 fully saturated rings. The fourth-order valence-electron chi connectivity index (χ4n) is 4.71. The van der Waals surface area contributed by atoms with Crippen molar-refractivity contribution in [2.24, 2.45) is 17.6 Å². The Labute approximate surface area is 212 Å². The van der Waals surface area contributed by atoms with Gasteiger partial charge in [-0.2, -0.15) is 0 Å². The highest BCUT2D eigenvalue weighted by molar-refractivity contribution is 5.83. The summed E-state index contributed by atoms with van der Waals surface area (Å²) >= 11 is 0. The first-order valence-electron chi connectivity index (χ1n) is 12.2. The van der Waals surface area contributed by atoms with E-state index in [4.69, 9.17) is 25.1 Å². The number of nitrogens with two attached hydrogens (primary N) is 1. The van der Waals surface area contributed by atoms with Crippen molar-refractivity contribution in [1.82, 2.24) is 0 Å². The van der Waals surface area contributed by atoms with Gasteiger partial charge < -0.3 is 25.1 Å². The number of carboxylic acids is 1. The number of benzene rings is 1. The highest BCUT2D eigenvalue weighted by Gasteiger charge is 2.70. The van der Waals surface area contributed by atoms with Crippen LogP contribution in [-0.4, -0.2) is 47.6 Å². The van der Waals surface area contributed by atoms with Crippen LogP contribution in [-0.2, 0) is 35.2 Å². The van der Waals surface area contributed by atoms with Gasteiger partial charge in [0.15, 0.2) is 11.6 Å². The van der Waals surface area contributed by atoms with Crippen LogP contribution in [0.2, 0.25) is 0 Å². The second-order valence-corrected chi connectivity index (χ2v) is 9.73. The first-order valence-corrected chi connectivity index (χ1v) is 12.2. The van der Waals surface area contributed by atoms with Gasteiger partial charge in [-0.15, -0.1) is 0 Å². The van der Waals surface area contributed by atoms with Crippen LogP contribution in [0.5, 0.6) is 0 Å². The quantitative estimate of drug-likeness (QED) is 0.224. The Morgan fingerprint density at radius 2 is 1.92 bits per heavy atom. The fourth-order valence-corrected chi connectivity index (χ4v) is 4.71. The summed E-state index contributed by atoms with van der Waals surface area (Å²) in [6, 6.07) is 1.81. The molecule has 1 aromatic carbocycles. The third-order valence-electron chi connectivity index (χ3n) is 6.97. The number of ether oxygens (including phenoxy) is 3. The van der Waals surface area contributed by atoms with Gasteiger partial charge >= 0.3 is 17.9 Å². The number of carbonyl (C=O) groups is 3. The van der Waals surface area contributed by atoms with Crippen LogP contribution in [0.4, 0.5) is 13.2 Å². The Hall–Kier alpha value is -2.92. The van der Waals surface area contributed by atoms with E-state index in [1.165, 1.54) is 11.6 Å². The van der Waals surface area contributed by atoms with E-state index >= 15 is 0 Å². The van der Waals surface area contributed by atoms with Crippen LogP contribution in [0.15, 0.2) is 30.4 Å². The molecule has 11 heteroatoms. The van der Waals surface area contributed by atoms with Crippen molar-refractivity contribution >= 4 is 17.9 Å². The topological polar surface area (TPSA) is 125 Å². The normalized spacial score (nSPS) is 25.8. The lowest BCUT2D eigenvalue weighted by atomic mass is 9.83. The van der Waals surface area contributed by atoms with Crippen LogP contribution in [0.1, 0.15) is 56.9 Å². The second kappa shape index (κ2) is 12.6. The summed E-state index contributed by atoms with van der Waals surface area (Å²) in [5.41, 5.74) is 4.37. The molecule has 0 aromatic heterocycles. The number of carbonyl (C=O) groups excluding carboxylic acids is 2. The van der Waals surface area contributed by atoms with E-state index in [0.717, 1.165) is 37.8 Å². The molecule has 37 heavy (non-hydrogen) atoms. The molecule has 2 saturated carbocycles. The van der Waals surface area contributed by atoms with E-state index in [1.54, 1.807) is 0 Å². The van der Waals surface area contributed by atoms with Gasteiger partial charge in [0, 0.05) is 12.3 Å². The third kappa shape index (κ3) is 7.78. The van der Waals surface area contributed by atoms with Crippen molar-refractivity contribution in [2.45, 2.75) is 75.8 Å². The van der Waals surface area contributed by atoms with Crippen molar-refractivity contribution in [2.75, 3.05) is 6.79 Å². The fraction of sp³-hybridized carbons (Fsp3) is 0.577. The van der Waals surface area contributed by atoms with Crippen molar-refractivity contribution < 1.29 is 46.9 Å². The van der Waals surface area contributed by atoms with E-state index in [1.807, 2.05) is 0 Å². The third-order valence-corrected chi connectivity index (χ3v) is 6.97. The molecule has 0 amide bonds. The number of esters is 2. The minimum absolute atomic E-state index is 0.183. The first-order chi connectivity index (χ1) is 17.5. The molecule has 1 aromatic rings. The molecule has 8 nitrogen and oxygen atoms in total. The van der Waals surface area contributed by atoms with Gasteiger partial charge in [0.25, 0.3) is 0 Å². The minimum Gasteiger partial charge on any atom is -0.479 e. The Kier molecular flexibility index (Phi) is 9.72. The van der Waals surface area contributed by atoms with Gasteiger partial charge in [-0.25, -0.2) is 18.0 Å². The molecule has 2 aliphatic rings. The monoisotopic (exact) mass is 527 g/mol. The second-order valence-electron chi connectivity index (χ2n) is 9.73. The van der Waals surface area contributed by atoms with Crippen LogP contribution in [0.25, 0.3) is 0 Å². The molecule has 3 rings (SSSR count). The van der Waals surface area contributed by atoms with Crippen molar-refractivity contribution in [3.63, 3.8) is 0 Å². The van der Waals surface area contributed by atoms with Crippen LogP contribution < -0.4 is 5.73 Å². The van der Waals surface area contributed by atoms with Crippen molar-refractivity contribution in [3.05, 3.63) is 47.5 Å². The molecular weight excluding hydrogens is 495 g/mol. The Morgan fingerprint density at radius 1 is 1.19 bits per heavy atom. The first kappa shape index (κ1) is 28.6. The molecular formula is C26H32F3NO7. The van der Waals surface area contributed by atoms with E-state index in [-0.39, 0.29) is 25.0 Å². The number of hydrogen-bond acceptors (Lipinski definition) is 7. The Balaban J connectivity index is 1.47. The summed E-state index contributed by atoms with van der Waals surface area (Å²) in [6.45, 7) is 3.12. The Bertz CT molecular complexity index is 1020. The van der Waals surface area contributed by atoms with Gasteiger partial charge in [-0.05, 0) is 62.1 Å². The number of rotatable bonds is 13. The average molecular weight is 528 g/mol. The summed E-state index contributed by atoms with van der Waals surface area (Å²) in [5, 5.41) is 9.10. The Morgan fingerprint density at radius 3 is 2.57 bits per heavy atom. The molecule has 5 atom stereocenters. The predicted octanol–water partition coefficient (Wildman–Crippen LogP) is 3.95. The van der Waals surface area contributed by atoms with E-state index in [2.05, 4.69) is 6.58 Å². The minimum atomic E-state index is -2.65. The zero-order chi connectivity index (χ0) is 27.2. The van der Waals surface area contributed by atoms with E-state index in [0.29, 0.717) is 12.3 Å². The molecule has 5 unspecified atom stereocenters. The number of hydrogen-bond donors (Lipinski definition) is 2. The molecule has 3 N–H and O–H groups in total. The largest absolute Gasteiger partial charge is 0.479 e. The van der Waals surface area contributed by atoms with E-state index in [9.17, 15) is 27.6 Å². The maximum atomic E-state index is 14.5. The smallest absolute Gasteiger partial charge is 0.343 e. The summed E-state index contributed by atoms with van der Waals surface area (Å²) in [4.78, 5) is 35.5. The lowest BCUT2D eigenvalue weighted by molar-refractivity contribution is -0.169. The molecule has 204 valence electrons. The highest BCUT2D eigenvalue weighted by Crippen LogP contribution is 2.49. The van der Waals surface area contributed by atoms with Gasteiger partial charge in [-0.1, -0.05) is 18.2 Å². The van der Waals surface area contributed by atoms with Crippen LogP contribution in [0, 0.1) is 23.5 Å². The summed E-state index contributed by atoms with van der Waals surface area (Å²) in [6.07, 6.45) is 3.13.